The van der Waals surface area contributed by atoms with Crippen molar-refractivity contribution in [2.75, 3.05) is 13.2 Å². The van der Waals surface area contributed by atoms with Crippen LogP contribution in [0.2, 0.25) is 0 Å². The molecule has 0 bridgehead atoms. The average Bonchev–Trinajstić information content (AvgIpc) is 3.38. The zero-order valence-electron chi connectivity index (χ0n) is 19.5. The Balaban J connectivity index is 1.29. The highest BCUT2D eigenvalue weighted by Gasteiger charge is 2.29. The molecule has 182 valence electrons. The second kappa shape index (κ2) is 10.7. The third-order valence-corrected chi connectivity index (χ3v) is 7.07. The number of hydrogen-bond donors (Lipinski definition) is 3. The molecule has 2 aromatic carbocycles. The summed E-state index contributed by atoms with van der Waals surface area (Å²) >= 11 is 1.30. The van der Waals surface area contributed by atoms with Crippen LogP contribution >= 0.6 is 11.3 Å². The summed E-state index contributed by atoms with van der Waals surface area (Å²) in [5.41, 5.74) is 4.58. The number of benzene rings is 2. The molecular formula is C26H27N3O5S. The quantitative estimate of drug-likeness (QED) is 0.413. The number of amides is 2. The van der Waals surface area contributed by atoms with Gasteiger partial charge in [-0.2, -0.15) is 0 Å². The summed E-state index contributed by atoms with van der Waals surface area (Å²) < 4.78 is 5.54. The number of thiazole rings is 1. The predicted molar refractivity (Wildman–Crippen MR) is 133 cm³/mol. The monoisotopic (exact) mass is 493 g/mol. The molecule has 9 heteroatoms. The molecule has 0 unspecified atom stereocenters. The lowest BCUT2D eigenvalue weighted by Crippen LogP contribution is -2.47. The number of hydrogen-bond acceptors (Lipinski definition) is 6. The van der Waals surface area contributed by atoms with Gasteiger partial charge in [0, 0.05) is 23.8 Å². The molecule has 0 saturated heterocycles. The van der Waals surface area contributed by atoms with Crippen LogP contribution in [0.15, 0.2) is 48.5 Å². The fourth-order valence-electron chi connectivity index (χ4n) is 4.31. The highest BCUT2D eigenvalue weighted by molar-refractivity contribution is 7.11. The van der Waals surface area contributed by atoms with Gasteiger partial charge in [-0.15, -0.1) is 11.3 Å². The predicted octanol–water partition coefficient (Wildman–Crippen LogP) is 4.13. The van der Waals surface area contributed by atoms with E-state index in [9.17, 15) is 14.4 Å². The number of carbonyl (C=O) groups is 3. The fourth-order valence-corrected chi connectivity index (χ4v) is 5.23. The number of nitrogens with one attached hydrogen (secondary N) is 2. The normalized spacial score (nSPS) is 13.0. The maximum Gasteiger partial charge on any atom is 0.407 e. The minimum Gasteiger partial charge on any atom is -0.476 e. The molecule has 8 nitrogen and oxygen atoms in total. The van der Waals surface area contributed by atoms with Crippen LogP contribution < -0.4 is 10.6 Å². The van der Waals surface area contributed by atoms with Crippen molar-refractivity contribution in [3.63, 3.8) is 0 Å². The number of carboxylic acid groups (broad SMARTS) is 1. The van der Waals surface area contributed by atoms with Crippen molar-refractivity contribution in [1.82, 2.24) is 15.6 Å². The topological polar surface area (TPSA) is 118 Å². The van der Waals surface area contributed by atoms with E-state index in [1.807, 2.05) is 36.4 Å². The highest BCUT2D eigenvalue weighted by Crippen LogP contribution is 2.44. The molecule has 2 amide bonds. The molecule has 0 saturated carbocycles. The number of aromatic carboxylic acids is 1. The van der Waals surface area contributed by atoms with Gasteiger partial charge >= 0.3 is 12.1 Å². The molecule has 1 heterocycles. The summed E-state index contributed by atoms with van der Waals surface area (Å²) in [6, 6.07) is 15.4. The molecule has 0 spiro atoms. The zero-order valence-corrected chi connectivity index (χ0v) is 20.4. The van der Waals surface area contributed by atoms with Crippen LogP contribution in [0, 0.1) is 6.92 Å². The van der Waals surface area contributed by atoms with Crippen molar-refractivity contribution in [2.24, 2.45) is 0 Å². The van der Waals surface area contributed by atoms with E-state index < -0.39 is 18.1 Å². The number of fused-ring (bicyclic) bond motifs is 3. The maximum atomic E-state index is 12.6. The van der Waals surface area contributed by atoms with Crippen LogP contribution in [0.5, 0.6) is 0 Å². The van der Waals surface area contributed by atoms with E-state index in [1.165, 1.54) is 11.3 Å². The number of aryl methyl sites for hydroxylation is 1. The number of ether oxygens (including phenoxy) is 1. The largest absolute Gasteiger partial charge is 0.476 e. The van der Waals surface area contributed by atoms with Gasteiger partial charge in [0.1, 0.15) is 12.6 Å². The van der Waals surface area contributed by atoms with E-state index in [0.29, 0.717) is 22.7 Å². The highest BCUT2D eigenvalue weighted by atomic mass is 32.1. The summed E-state index contributed by atoms with van der Waals surface area (Å²) in [6.07, 6.45) is 0.164. The van der Waals surface area contributed by atoms with E-state index in [0.717, 1.165) is 22.3 Å². The molecule has 4 rings (SSSR count). The van der Waals surface area contributed by atoms with E-state index in [2.05, 4.69) is 27.8 Å². The lowest BCUT2D eigenvalue weighted by Gasteiger charge is -2.18. The smallest absolute Gasteiger partial charge is 0.407 e. The summed E-state index contributed by atoms with van der Waals surface area (Å²) in [4.78, 5) is 40.9. The first-order chi connectivity index (χ1) is 16.9. The second-order valence-corrected chi connectivity index (χ2v) is 9.58. The van der Waals surface area contributed by atoms with Gasteiger partial charge in [0.25, 0.3) is 0 Å². The van der Waals surface area contributed by atoms with Crippen LogP contribution in [0.1, 0.15) is 50.8 Å². The number of carboxylic acids is 1. The van der Waals surface area contributed by atoms with Gasteiger partial charge in [0.05, 0.1) is 5.01 Å². The minimum absolute atomic E-state index is 0.0414. The molecular weight excluding hydrogens is 466 g/mol. The first-order valence-corrected chi connectivity index (χ1v) is 12.3. The summed E-state index contributed by atoms with van der Waals surface area (Å²) in [6.45, 7) is 3.97. The molecule has 0 fully saturated rings. The summed E-state index contributed by atoms with van der Waals surface area (Å²) in [5.74, 6) is -1.44. The lowest BCUT2D eigenvalue weighted by molar-refractivity contribution is -0.123. The lowest BCUT2D eigenvalue weighted by atomic mass is 9.98. The Kier molecular flexibility index (Phi) is 7.45. The summed E-state index contributed by atoms with van der Waals surface area (Å²) in [5, 5.41) is 15.2. The van der Waals surface area contributed by atoms with Crippen molar-refractivity contribution >= 4 is 29.3 Å². The van der Waals surface area contributed by atoms with Crippen LogP contribution in [0.4, 0.5) is 4.79 Å². The number of nitrogens with zero attached hydrogens (tertiary/aromatic N) is 1. The van der Waals surface area contributed by atoms with Crippen LogP contribution in [-0.4, -0.2) is 47.3 Å². The maximum absolute atomic E-state index is 12.6. The Bertz CT molecular complexity index is 1210. The van der Waals surface area contributed by atoms with Gasteiger partial charge in [-0.1, -0.05) is 55.5 Å². The SMILES string of the molecule is CC[C@@H](NC(=O)OCC1c2ccccc2-c2ccccc21)C(=O)NCCc1nc(C(=O)O)c(C)s1. The Morgan fingerprint density at radius 3 is 2.29 bits per heavy atom. The van der Waals surface area contributed by atoms with Gasteiger partial charge < -0.3 is 20.5 Å². The van der Waals surface area contributed by atoms with E-state index in [4.69, 9.17) is 9.84 Å². The third kappa shape index (κ3) is 5.35. The fraction of sp³-hybridized carbons (Fsp3) is 0.308. The molecule has 3 aromatic rings. The molecule has 3 N–H and O–H groups in total. The Morgan fingerprint density at radius 1 is 1.09 bits per heavy atom. The first-order valence-electron chi connectivity index (χ1n) is 11.5. The number of aromatic nitrogens is 1. The molecule has 1 atom stereocenters. The second-order valence-electron chi connectivity index (χ2n) is 8.29. The molecule has 0 aliphatic heterocycles. The molecule has 1 aromatic heterocycles. The van der Waals surface area contributed by atoms with Crippen LogP contribution in [-0.2, 0) is 16.0 Å². The van der Waals surface area contributed by atoms with Crippen molar-refractivity contribution in [3.05, 3.63) is 75.2 Å². The minimum atomic E-state index is -1.06. The molecule has 1 aliphatic carbocycles. The van der Waals surface area contributed by atoms with Gasteiger partial charge in [-0.05, 0) is 35.6 Å². The van der Waals surface area contributed by atoms with Crippen molar-refractivity contribution in [3.8, 4) is 11.1 Å². The average molecular weight is 494 g/mol. The molecule has 1 aliphatic rings. The van der Waals surface area contributed by atoms with Gasteiger partial charge in [0.2, 0.25) is 5.91 Å². The van der Waals surface area contributed by atoms with Gasteiger partial charge in [0.15, 0.2) is 5.69 Å². The van der Waals surface area contributed by atoms with Gasteiger partial charge in [-0.25, -0.2) is 14.6 Å². The molecule has 0 radical (unpaired) electrons. The van der Waals surface area contributed by atoms with Crippen molar-refractivity contribution < 1.29 is 24.2 Å². The van der Waals surface area contributed by atoms with Crippen molar-refractivity contribution in [2.45, 2.75) is 38.6 Å². The van der Waals surface area contributed by atoms with Crippen molar-refractivity contribution in [1.29, 1.82) is 0 Å². The van der Waals surface area contributed by atoms with Crippen LogP contribution in [0.25, 0.3) is 11.1 Å². The third-order valence-electron chi connectivity index (χ3n) is 6.04. The number of carbonyl (C=O) groups excluding carboxylic acids is 2. The standard InChI is InChI=1S/C26H27N3O5S/c1-3-21(24(30)27-13-12-22-29-23(25(31)32)15(2)35-22)28-26(33)34-14-20-18-10-6-4-8-16(18)17-9-5-7-11-19(17)20/h4-11,20-21H,3,12-14H2,1-2H3,(H,27,30)(H,28,33)(H,31,32)/t21-/m1/s1. The summed E-state index contributed by atoms with van der Waals surface area (Å²) in [7, 11) is 0. The Hall–Kier alpha value is -3.72. The zero-order chi connectivity index (χ0) is 24.9. The van der Waals surface area contributed by atoms with Gasteiger partial charge in [-0.3, -0.25) is 4.79 Å². The number of rotatable bonds is 9. The first kappa shape index (κ1) is 24.4. The van der Waals surface area contributed by atoms with E-state index in [-0.39, 0.29) is 30.7 Å². The Morgan fingerprint density at radius 2 is 1.71 bits per heavy atom. The molecule has 35 heavy (non-hydrogen) atoms. The van der Waals surface area contributed by atoms with E-state index >= 15 is 0 Å². The van der Waals surface area contributed by atoms with Crippen LogP contribution in [0.3, 0.4) is 0 Å². The van der Waals surface area contributed by atoms with E-state index in [1.54, 1.807) is 13.8 Å². The number of alkyl carbamates (subject to hydrolysis) is 1. The Labute approximate surface area is 207 Å².